The maximum atomic E-state index is 6.18. The first-order valence-electron chi connectivity index (χ1n) is 5.85. The smallest absolute Gasteiger partial charge is 0.140 e. The van der Waals surface area contributed by atoms with E-state index in [-0.39, 0.29) is 12.1 Å². The number of hydrogen-bond donors (Lipinski definition) is 1. The fraction of sp³-hybridized carbons (Fsp3) is 0.214. The van der Waals surface area contributed by atoms with Crippen LogP contribution in [0.4, 0.5) is 0 Å². The van der Waals surface area contributed by atoms with Crippen molar-refractivity contribution in [3.05, 3.63) is 58.3 Å². The maximum absolute atomic E-state index is 6.18. The van der Waals surface area contributed by atoms with E-state index >= 15 is 0 Å². The van der Waals surface area contributed by atoms with Gasteiger partial charge < -0.3 is 10.5 Å². The van der Waals surface area contributed by atoms with Crippen molar-refractivity contribution in [1.82, 2.24) is 4.98 Å². The SMILES string of the molecule is CC(N)C(Oc1cncc(Cl)c1)c1ccccc1Cl. The standard InChI is InChI=1S/C14H14Cl2N2O/c1-9(17)14(12-4-2-3-5-13(12)16)19-11-6-10(15)7-18-8-11/h2-9,14H,17H2,1H3. The molecule has 2 rings (SSSR count). The number of pyridine rings is 1. The summed E-state index contributed by atoms with van der Waals surface area (Å²) in [5, 5.41) is 1.14. The van der Waals surface area contributed by atoms with E-state index in [9.17, 15) is 0 Å². The van der Waals surface area contributed by atoms with Crippen molar-refractivity contribution in [3.8, 4) is 5.75 Å². The monoisotopic (exact) mass is 296 g/mol. The van der Waals surface area contributed by atoms with Crippen LogP contribution < -0.4 is 10.5 Å². The van der Waals surface area contributed by atoms with Gasteiger partial charge in [0.05, 0.1) is 11.2 Å². The molecule has 2 N–H and O–H groups in total. The van der Waals surface area contributed by atoms with Gasteiger partial charge in [-0.15, -0.1) is 0 Å². The van der Waals surface area contributed by atoms with Crippen molar-refractivity contribution < 1.29 is 4.74 Å². The minimum absolute atomic E-state index is 0.223. The molecule has 19 heavy (non-hydrogen) atoms. The summed E-state index contributed by atoms with van der Waals surface area (Å²) in [5.41, 5.74) is 6.83. The Morgan fingerprint density at radius 1 is 1.21 bits per heavy atom. The molecule has 5 heteroatoms. The summed E-state index contributed by atoms with van der Waals surface area (Å²) in [6.45, 7) is 1.87. The van der Waals surface area contributed by atoms with E-state index in [1.807, 2.05) is 31.2 Å². The van der Waals surface area contributed by atoms with Gasteiger partial charge in [0.1, 0.15) is 11.9 Å². The molecule has 100 valence electrons. The molecule has 0 bridgehead atoms. The van der Waals surface area contributed by atoms with Crippen LogP contribution in [0.25, 0.3) is 0 Å². The Morgan fingerprint density at radius 3 is 2.58 bits per heavy atom. The first kappa shape index (κ1) is 14.1. The average molecular weight is 297 g/mol. The van der Waals surface area contributed by atoms with Crippen LogP contribution in [0.5, 0.6) is 5.75 Å². The summed E-state index contributed by atoms with van der Waals surface area (Å²) in [6, 6.07) is 8.95. The zero-order valence-electron chi connectivity index (χ0n) is 10.4. The van der Waals surface area contributed by atoms with Crippen LogP contribution in [0.15, 0.2) is 42.7 Å². The van der Waals surface area contributed by atoms with Crippen molar-refractivity contribution in [2.45, 2.75) is 19.1 Å². The number of nitrogens with zero attached hydrogens (tertiary/aromatic N) is 1. The van der Waals surface area contributed by atoms with Crippen molar-refractivity contribution >= 4 is 23.2 Å². The van der Waals surface area contributed by atoms with E-state index in [1.165, 1.54) is 0 Å². The molecule has 1 aromatic heterocycles. The van der Waals surface area contributed by atoms with E-state index in [2.05, 4.69) is 4.98 Å². The van der Waals surface area contributed by atoms with Crippen LogP contribution in [-0.4, -0.2) is 11.0 Å². The van der Waals surface area contributed by atoms with Crippen molar-refractivity contribution in [2.75, 3.05) is 0 Å². The number of halogens is 2. The van der Waals surface area contributed by atoms with Crippen molar-refractivity contribution in [2.24, 2.45) is 5.73 Å². The third kappa shape index (κ3) is 3.60. The Hall–Kier alpha value is -1.29. The first-order chi connectivity index (χ1) is 9.08. The summed E-state index contributed by atoms with van der Waals surface area (Å²) < 4.78 is 5.87. The predicted molar refractivity (Wildman–Crippen MR) is 77.7 cm³/mol. The fourth-order valence-corrected chi connectivity index (χ4v) is 2.17. The summed E-state index contributed by atoms with van der Waals surface area (Å²) in [7, 11) is 0. The molecule has 0 aliphatic rings. The highest BCUT2D eigenvalue weighted by Gasteiger charge is 2.20. The third-order valence-corrected chi connectivity index (χ3v) is 3.18. The van der Waals surface area contributed by atoms with E-state index in [0.717, 1.165) is 5.56 Å². The summed E-state index contributed by atoms with van der Waals surface area (Å²) in [6.07, 6.45) is 2.79. The van der Waals surface area contributed by atoms with Gasteiger partial charge in [0.15, 0.2) is 0 Å². The largest absolute Gasteiger partial charge is 0.482 e. The number of nitrogens with two attached hydrogens (primary N) is 1. The Labute approximate surface area is 122 Å². The molecule has 3 nitrogen and oxygen atoms in total. The van der Waals surface area contributed by atoms with Crippen molar-refractivity contribution in [3.63, 3.8) is 0 Å². The van der Waals surface area contributed by atoms with Crippen LogP contribution in [0.2, 0.25) is 10.0 Å². The molecule has 0 amide bonds. The zero-order chi connectivity index (χ0) is 13.8. The second-order valence-corrected chi connectivity index (χ2v) is 5.10. The van der Waals surface area contributed by atoms with Crippen molar-refractivity contribution in [1.29, 1.82) is 0 Å². The Morgan fingerprint density at radius 2 is 1.95 bits per heavy atom. The van der Waals surface area contributed by atoms with Crippen LogP contribution in [0.1, 0.15) is 18.6 Å². The van der Waals surface area contributed by atoms with Crippen LogP contribution in [0.3, 0.4) is 0 Å². The molecular weight excluding hydrogens is 283 g/mol. The van der Waals surface area contributed by atoms with Gasteiger partial charge in [-0.1, -0.05) is 41.4 Å². The Bertz CT molecular complexity index is 561. The van der Waals surface area contributed by atoms with Crippen LogP contribution in [-0.2, 0) is 0 Å². The van der Waals surface area contributed by atoms with E-state index in [1.54, 1.807) is 18.5 Å². The molecule has 0 radical (unpaired) electrons. The van der Waals surface area contributed by atoms with Gasteiger partial charge in [-0.25, -0.2) is 0 Å². The summed E-state index contributed by atoms with van der Waals surface area (Å²) in [4.78, 5) is 3.98. The second-order valence-electron chi connectivity index (χ2n) is 4.26. The van der Waals surface area contributed by atoms with Crippen LogP contribution >= 0.6 is 23.2 Å². The van der Waals surface area contributed by atoms with Gasteiger partial charge in [0.25, 0.3) is 0 Å². The number of rotatable bonds is 4. The van der Waals surface area contributed by atoms with Gasteiger partial charge in [0.2, 0.25) is 0 Å². The van der Waals surface area contributed by atoms with Gasteiger partial charge >= 0.3 is 0 Å². The number of hydrogen-bond acceptors (Lipinski definition) is 3. The van der Waals surface area contributed by atoms with Crippen LogP contribution in [0, 0.1) is 0 Å². The molecule has 0 fully saturated rings. The Balaban J connectivity index is 2.29. The highest BCUT2D eigenvalue weighted by atomic mass is 35.5. The molecule has 0 saturated heterocycles. The lowest BCUT2D eigenvalue weighted by Crippen LogP contribution is -2.29. The second kappa shape index (κ2) is 6.24. The fourth-order valence-electron chi connectivity index (χ4n) is 1.76. The normalized spacial score (nSPS) is 13.9. The third-order valence-electron chi connectivity index (χ3n) is 2.63. The molecule has 2 atom stereocenters. The summed E-state index contributed by atoms with van der Waals surface area (Å²) in [5.74, 6) is 0.565. The maximum Gasteiger partial charge on any atom is 0.140 e. The topological polar surface area (TPSA) is 48.1 Å². The molecule has 0 saturated carbocycles. The highest BCUT2D eigenvalue weighted by Crippen LogP contribution is 2.29. The molecular formula is C14H14Cl2N2O. The number of aromatic nitrogens is 1. The number of ether oxygens (including phenoxy) is 1. The van der Waals surface area contributed by atoms with E-state index in [4.69, 9.17) is 33.7 Å². The zero-order valence-corrected chi connectivity index (χ0v) is 11.9. The predicted octanol–water partition coefficient (Wildman–Crippen LogP) is 3.86. The minimum Gasteiger partial charge on any atom is -0.482 e. The molecule has 0 aliphatic heterocycles. The van der Waals surface area contributed by atoms with Gasteiger partial charge in [-0.2, -0.15) is 0 Å². The van der Waals surface area contributed by atoms with E-state index in [0.29, 0.717) is 15.8 Å². The lowest BCUT2D eigenvalue weighted by Gasteiger charge is -2.23. The molecule has 1 aromatic carbocycles. The quantitative estimate of drug-likeness (QED) is 0.932. The first-order valence-corrected chi connectivity index (χ1v) is 6.60. The molecule has 2 aromatic rings. The number of benzene rings is 1. The van der Waals surface area contributed by atoms with Gasteiger partial charge in [0, 0.05) is 28.9 Å². The van der Waals surface area contributed by atoms with E-state index < -0.39 is 0 Å². The van der Waals surface area contributed by atoms with Gasteiger partial charge in [-0.05, 0) is 13.0 Å². The molecule has 0 aliphatic carbocycles. The summed E-state index contributed by atoms with van der Waals surface area (Å²) >= 11 is 12.1. The highest BCUT2D eigenvalue weighted by molar-refractivity contribution is 6.31. The minimum atomic E-state index is -0.353. The molecule has 1 heterocycles. The molecule has 0 spiro atoms. The Kier molecular flexibility index (Phi) is 4.64. The average Bonchev–Trinajstić information content (AvgIpc) is 2.37. The molecule has 2 unspecified atom stereocenters. The lowest BCUT2D eigenvalue weighted by molar-refractivity contribution is 0.180. The lowest BCUT2D eigenvalue weighted by atomic mass is 10.0. The van der Waals surface area contributed by atoms with Gasteiger partial charge in [-0.3, -0.25) is 4.98 Å².